The standard InChI is InChI=1S/C8H5F2N3O3/c9-7(10)6-4(1-11)2-12-8(13(15)16)5(6)3-14/h2,7,14H,3H2. The average molecular weight is 229 g/mol. The van der Waals surface area contributed by atoms with Gasteiger partial charge < -0.3 is 15.2 Å². The molecule has 0 aliphatic heterocycles. The van der Waals surface area contributed by atoms with Crippen molar-refractivity contribution < 1.29 is 18.8 Å². The molecule has 0 radical (unpaired) electrons. The molecule has 84 valence electrons. The fraction of sp³-hybridized carbons (Fsp3) is 0.250. The third kappa shape index (κ3) is 1.94. The van der Waals surface area contributed by atoms with Gasteiger partial charge in [0.2, 0.25) is 0 Å². The van der Waals surface area contributed by atoms with Crippen molar-refractivity contribution in [2.24, 2.45) is 0 Å². The van der Waals surface area contributed by atoms with Crippen LogP contribution in [0.2, 0.25) is 0 Å². The van der Waals surface area contributed by atoms with Gasteiger partial charge in [-0.1, -0.05) is 0 Å². The third-order valence-electron chi connectivity index (χ3n) is 1.87. The quantitative estimate of drug-likeness (QED) is 0.621. The zero-order valence-electron chi connectivity index (χ0n) is 7.72. The lowest BCUT2D eigenvalue weighted by atomic mass is 10.1. The van der Waals surface area contributed by atoms with Gasteiger partial charge in [0.25, 0.3) is 6.43 Å². The minimum absolute atomic E-state index is 0.482. The SMILES string of the molecule is N#Cc1cnc([N+](=O)[O-])c(CO)c1C(F)F. The molecule has 1 heterocycles. The number of nitro groups is 1. The Labute approximate surface area is 87.9 Å². The summed E-state index contributed by atoms with van der Waals surface area (Å²) in [4.78, 5) is 12.7. The fourth-order valence-electron chi connectivity index (χ4n) is 1.21. The minimum Gasteiger partial charge on any atom is -0.391 e. The Balaban J connectivity index is 3.57. The van der Waals surface area contributed by atoms with E-state index in [4.69, 9.17) is 10.4 Å². The minimum atomic E-state index is -3.08. The lowest BCUT2D eigenvalue weighted by Gasteiger charge is -2.07. The number of aliphatic hydroxyl groups is 1. The molecular formula is C8H5F2N3O3. The van der Waals surface area contributed by atoms with Crippen molar-refractivity contribution in [1.29, 1.82) is 5.26 Å². The first kappa shape index (κ1) is 11.9. The molecule has 0 atom stereocenters. The van der Waals surface area contributed by atoms with Gasteiger partial charge >= 0.3 is 5.82 Å². The molecule has 1 aromatic rings. The molecule has 0 saturated heterocycles. The second kappa shape index (κ2) is 4.59. The van der Waals surface area contributed by atoms with Crippen LogP contribution in [0.3, 0.4) is 0 Å². The molecule has 0 fully saturated rings. The van der Waals surface area contributed by atoms with E-state index in [0.29, 0.717) is 6.20 Å². The highest BCUT2D eigenvalue weighted by molar-refractivity contribution is 5.48. The molecule has 0 aliphatic rings. The fourth-order valence-corrected chi connectivity index (χ4v) is 1.21. The van der Waals surface area contributed by atoms with E-state index in [1.54, 1.807) is 0 Å². The predicted octanol–water partition coefficient (Wildman–Crippen LogP) is 1.29. The molecule has 1 N–H and O–H groups in total. The largest absolute Gasteiger partial charge is 0.391 e. The number of rotatable bonds is 3. The second-order valence-electron chi connectivity index (χ2n) is 2.72. The van der Waals surface area contributed by atoms with E-state index in [0.717, 1.165) is 0 Å². The summed E-state index contributed by atoms with van der Waals surface area (Å²) in [5.41, 5.74) is -1.95. The molecule has 0 aromatic carbocycles. The summed E-state index contributed by atoms with van der Waals surface area (Å²) < 4.78 is 25.2. The van der Waals surface area contributed by atoms with Gasteiger partial charge in [-0.05, 0) is 9.91 Å². The maximum absolute atomic E-state index is 12.6. The van der Waals surface area contributed by atoms with Crippen molar-refractivity contribution in [3.8, 4) is 6.07 Å². The summed E-state index contributed by atoms with van der Waals surface area (Å²) in [6.07, 6.45) is -2.39. The Kier molecular flexibility index (Phi) is 3.42. The lowest BCUT2D eigenvalue weighted by Crippen LogP contribution is -2.06. The molecule has 8 heteroatoms. The monoisotopic (exact) mass is 229 g/mol. The Hall–Kier alpha value is -2.14. The molecule has 0 amide bonds. The number of aliphatic hydroxyl groups excluding tert-OH is 1. The van der Waals surface area contributed by atoms with Gasteiger partial charge in [0.15, 0.2) is 6.20 Å². The summed E-state index contributed by atoms with van der Waals surface area (Å²) in [6, 6.07) is 1.44. The van der Waals surface area contributed by atoms with Crippen molar-refractivity contribution in [3.63, 3.8) is 0 Å². The average Bonchev–Trinajstić information content (AvgIpc) is 2.26. The van der Waals surface area contributed by atoms with Crippen molar-refractivity contribution in [3.05, 3.63) is 33.0 Å². The van der Waals surface area contributed by atoms with Crippen LogP contribution in [0, 0.1) is 21.4 Å². The second-order valence-corrected chi connectivity index (χ2v) is 2.72. The maximum atomic E-state index is 12.6. The number of nitrogens with zero attached hydrogens (tertiary/aromatic N) is 3. The summed E-state index contributed by atoms with van der Waals surface area (Å²) in [7, 11) is 0. The van der Waals surface area contributed by atoms with E-state index in [9.17, 15) is 18.9 Å². The molecule has 0 aliphatic carbocycles. The van der Waals surface area contributed by atoms with E-state index in [1.165, 1.54) is 6.07 Å². The number of hydrogen-bond acceptors (Lipinski definition) is 5. The van der Waals surface area contributed by atoms with Crippen LogP contribution in [0.1, 0.15) is 23.1 Å². The van der Waals surface area contributed by atoms with Gasteiger partial charge in [0.05, 0.1) is 17.7 Å². The zero-order chi connectivity index (χ0) is 12.3. The van der Waals surface area contributed by atoms with Crippen LogP contribution in [0.15, 0.2) is 6.20 Å². The van der Waals surface area contributed by atoms with Crippen molar-refractivity contribution in [2.75, 3.05) is 0 Å². The normalized spacial score (nSPS) is 10.2. The molecule has 0 unspecified atom stereocenters. The highest BCUT2D eigenvalue weighted by Crippen LogP contribution is 2.30. The highest BCUT2D eigenvalue weighted by Gasteiger charge is 2.27. The lowest BCUT2D eigenvalue weighted by molar-refractivity contribution is -0.390. The maximum Gasteiger partial charge on any atom is 0.369 e. The van der Waals surface area contributed by atoms with Gasteiger partial charge in [0.1, 0.15) is 11.6 Å². The van der Waals surface area contributed by atoms with Crippen molar-refractivity contribution in [1.82, 2.24) is 4.98 Å². The molecule has 1 rings (SSSR count). The van der Waals surface area contributed by atoms with Gasteiger partial charge in [-0.25, -0.2) is 8.78 Å². The smallest absolute Gasteiger partial charge is 0.369 e. The van der Waals surface area contributed by atoms with Crippen LogP contribution in [-0.2, 0) is 6.61 Å². The molecule has 6 nitrogen and oxygen atoms in total. The van der Waals surface area contributed by atoms with Gasteiger partial charge in [-0.3, -0.25) is 0 Å². The van der Waals surface area contributed by atoms with Crippen LogP contribution >= 0.6 is 0 Å². The van der Waals surface area contributed by atoms with Crippen molar-refractivity contribution >= 4 is 5.82 Å². The van der Waals surface area contributed by atoms with Gasteiger partial charge in [0, 0.05) is 0 Å². The van der Waals surface area contributed by atoms with Crippen molar-refractivity contribution in [2.45, 2.75) is 13.0 Å². The molecule has 0 bridgehead atoms. The van der Waals surface area contributed by atoms with Crippen LogP contribution < -0.4 is 0 Å². The van der Waals surface area contributed by atoms with E-state index >= 15 is 0 Å². The topological polar surface area (TPSA) is 100 Å². The first-order valence-corrected chi connectivity index (χ1v) is 3.98. The molecule has 1 aromatic heterocycles. The first-order valence-electron chi connectivity index (χ1n) is 3.98. The Morgan fingerprint density at radius 3 is 2.69 bits per heavy atom. The summed E-state index contributed by atoms with van der Waals surface area (Å²) in [6.45, 7) is -0.974. The zero-order valence-corrected chi connectivity index (χ0v) is 7.72. The highest BCUT2D eigenvalue weighted by atomic mass is 19.3. The predicted molar refractivity (Wildman–Crippen MR) is 46.5 cm³/mol. The van der Waals surface area contributed by atoms with E-state index < -0.39 is 40.5 Å². The van der Waals surface area contributed by atoms with Gasteiger partial charge in [-0.15, -0.1) is 0 Å². The van der Waals surface area contributed by atoms with Crippen LogP contribution in [0.25, 0.3) is 0 Å². The van der Waals surface area contributed by atoms with E-state index in [1.807, 2.05) is 0 Å². The number of hydrogen-bond donors (Lipinski definition) is 1. The Bertz CT molecular complexity index is 470. The van der Waals surface area contributed by atoms with Gasteiger partial charge in [-0.2, -0.15) is 5.26 Å². The van der Waals surface area contributed by atoms with E-state index in [-0.39, 0.29) is 0 Å². The van der Waals surface area contributed by atoms with Crippen LogP contribution in [-0.4, -0.2) is 15.0 Å². The molecular weight excluding hydrogens is 224 g/mol. The molecule has 0 saturated carbocycles. The summed E-state index contributed by atoms with van der Waals surface area (Å²) >= 11 is 0. The molecule has 16 heavy (non-hydrogen) atoms. The first-order chi connectivity index (χ1) is 7.52. The summed E-state index contributed by atoms with van der Waals surface area (Å²) in [5.74, 6) is -0.864. The Morgan fingerprint density at radius 1 is 1.69 bits per heavy atom. The number of nitriles is 1. The summed E-state index contributed by atoms with van der Waals surface area (Å²) in [5, 5.41) is 27.8. The molecule has 0 spiro atoms. The van der Waals surface area contributed by atoms with Crippen LogP contribution in [0.4, 0.5) is 14.6 Å². The number of halogens is 2. The number of alkyl halides is 2. The number of aromatic nitrogens is 1. The van der Waals surface area contributed by atoms with Crippen LogP contribution in [0.5, 0.6) is 0 Å². The third-order valence-corrected chi connectivity index (χ3v) is 1.87. The Morgan fingerprint density at radius 2 is 2.31 bits per heavy atom. The number of pyridine rings is 1. The van der Waals surface area contributed by atoms with E-state index in [2.05, 4.69) is 4.98 Å².